The van der Waals surface area contributed by atoms with Crippen molar-refractivity contribution in [2.24, 2.45) is 0 Å². The molecule has 0 N–H and O–H groups in total. The molecule has 1 unspecified atom stereocenters. The van der Waals surface area contributed by atoms with E-state index in [4.69, 9.17) is 0 Å². The summed E-state index contributed by atoms with van der Waals surface area (Å²) in [5.74, 6) is -0.615. The van der Waals surface area contributed by atoms with Crippen molar-refractivity contribution < 1.29 is 16.8 Å². The second-order valence-electron chi connectivity index (χ2n) is 4.36. The van der Waals surface area contributed by atoms with Crippen molar-refractivity contribution in [2.75, 3.05) is 29.6 Å². The molecular weight excluding hydrogens is 330 g/mol. The highest BCUT2D eigenvalue weighted by atomic mass is 79.9. The van der Waals surface area contributed by atoms with Crippen LogP contribution in [0.4, 0.5) is 0 Å². The number of nitrogens with zero attached hydrogens (tertiary/aromatic N) is 1. The van der Waals surface area contributed by atoms with Crippen molar-refractivity contribution in [2.45, 2.75) is 25.3 Å². The van der Waals surface area contributed by atoms with Crippen molar-refractivity contribution in [1.29, 1.82) is 0 Å². The van der Waals surface area contributed by atoms with E-state index in [1.807, 2.05) is 0 Å². The van der Waals surface area contributed by atoms with Crippen LogP contribution >= 0.6 is 15.9 Å². The molecule has 0 radical (unpaired) electrons. The minimum Gasteiger partial charge on any atom is -0.229 e. The van der Waals surface area contributed by atoms with Crippen LogP contribution in [0.1, 0.15) is 19.3 Å². The van der Waals surface area contributed by atoms with Gasteiger partial charge in [-0.3, -0.25) is 0 Å². The highest BCUT2D eigenvalue weighted by Gasteiger charge is 2.31. The van der Waals surface area contributed by atoms with Crippen molar-refractivity contribution in [3.63, 3.8) is 0 Å². The fraction of sp³-hybridized carbons (Fsp3) is 1.00. The third-order valence-electron chi connectivity index (χ3n) is 2.82. The lowest BCUT2D eigenvalue weighted by Crippen LogP contribution is -2.46. The lowest BCUT2D eigenvalue weighted by atomic mass is 10.1. The van der Waals surface area contributed by atoms with Gasteiger partial charge in [0, 0.05) is 24.2 Å². The molecule has 1 rings (SSSR count). The highest BCUT2D eigenvalue weighted by molar-refractivity contribution is 9.09. The minimum absolute atomic E-state index is 0.0340. The van der Waals surface area contributed by atoms with Crippen molar-refractivity contribution in [3.8, 4) is 0 Å². The third-order valence-corrected chi connectivity index (χ3v) is 6.69. The van der Waals surface area contributed by atoms with E-state index in [0.29, 0.717) is 11.9 Å². The van der Waals surface area contributed by atoms with E-state index in [2.05, 4.69) is 15.9 Å². The Morgan fingerprint density at radius 3 is 2.35 bits per heavy atom. The van der Waals surface area contributed by atoms with Crippen LogP contribution in [0.2, 0.25) is 0 Å². The Kier molecular flexibility index (Phi) is 5.42. The Balaban J connectivity index is 2.74. The molecule has 1 aliphatic rings. The fourth-order valence-corrected chi connectivity index (χ4v) is 6.06. The average molecular weight is 348 g/mol. The van der Waals surface area contributed by atoms with Gasteiger partial charge in [-0.25, -0.2) is 16.8 Å². The van der Waals surface area contributed by atoms with Crippen molar-refractivity contribution >= 4 is 35.8 Å². The lowest BCUT2D eigenvalue weighted by Gasteiger charge is -2.33. The fourth-order valence-electron chi connectivity index (χ4n) is 1.87. The summed E-state index contributed by atoms with van der Waals surface area (Å²) in [5.41, 5.74) is 0. The maximum Gasteiger partial charge on any atom is 0.215 e. The predicted octanol–water partition coefficient (Wildman–Crippen LogP) is 0.610. The van der Waals surface area contributed by atoms with Crippen LogP contribution in [0, 0.1) is 0 Å². The number of sulfone groups is 1. The van der Waals surface area contributed by atoms with Crippen LogP contribution < -0.4 is 0 Å². The molecule has 1 fully saturated rings. The number of rotatable bonds is 5. The molecular formula is C9H18BrNO4S2. The van der Waals surface area contributed by atoms with Gasteiger partial charge in [0.05, 0.1) is 11.5 Å². The number of hydrogen-bond donors (Lipinski definition) is 0. The second kappa shape index (κ2) is 5.99. The average Bonchev–Trinajstić information content (AvgIpc) is 2.26. The first-order chi connectivity index (χ1) is 7.76. The monoisotopic (exact) mass is 347 g/mol. The molecule has 0 aromatic heterocycles. The molecule has 0 spiro atoms. The van der Waals surface area contributed by atoms with Gasteiger partial charge in [-0.1, -0.05) is 22.4 Å². The first-order valence-corrected chi connectivity index (χ1v) is 10.3. The van der Waals surface area contributed by atoms with Crippen LogP contribution in [0.25, 0.3) is 0 Å². The maximum absolute atomic E-state index is 12.0. The van der Waals surface area contributed by atoms with Gasteiger partial charge in [0.15, 0.2) is 0 Å². The summed E-state index contributed by atoms with van der Waals surface area (Å²) in [6.07, 6.45) is 3.76. The van der Waals surface area contributed by atoms with Crippen molar-refractivity contribution in [1.82, 2.24) is 4.31 Å². The molecule has 0 aromatic carbocycles. The van der Waals surface area contributed by atoms with Gasteiger partial charge in [-0.15, -0.1) is 0 Å². The van der Waals surface area contributed by atoms with Gasteiger partial charge in [0.1, 0.15) is 9.84 Å². The number of sulfonamides is 1. The molecule has 0 aromatic rings. The van der Waals surface area contributed by atoms with Crippen LogP contribution in [-0.2, 0) is 19.9 Å². The van der Waals surface area contributed by atoms with Gasteiger partial charge in [-0.05, 0) is 12.8 Å². The SMILES string of the molecule is CS(=O)(=O)CCS(=O)(=O)N1CCCCC1CBr. The largest absolute Gasteiger partial charge is 0.229 e. The third kappa shape index (κ3) is 4.84. The smallest absolute Gasteiger partial charge is 0.215 e. The highest BCUT2D eigenvalue weighted by Crippen LogP contribution is 2.22. The summed E-state index contributed by atoms with van der Waals surface area (Å²) in [6.45, 7) is 0.502. The first-order valence-electron chi connectivity index (χ1n) is 5.49. The second-order valence-corrected chi connectivity index (χ2v) is 9.31. The van der Waals surface area contributed by atoms with Gasteiger partial charge in [0.25, 0.3) is 0 Å². The zero-order valence-electron chi connectivity index (χ0n) is 9.80. The summed E-state index contributed by atoms with van der Waals surface area (Å²) in [7, 11) is -6.69. The molecule has 8 heteroatoms. The van der Waals surface area contributed by atoms with E-state index in [9.17, 15) is 16.8 Å². The number of halogens is 1. The molecule has 1 aliphatic heterocycles. The predicted molar refractivity (Wildman–Crippen MR) is 71.6 cm³/mol. The topological polar surface area (TPSA) is 71.5 Å². The van der Waals surface area contributed by atoms with Gasteiger partial charge in [0.2, 0.25) is 10.0 Å². The zero-order valence-corrected chi connectivity index (χ0v) is 13.0. The molecule has 0 bridgehead atoms. The normalized spacial score (nSPS) is 23.8. The van der Waals surface area contributed by atoms with E-state index < -0.39 is 19.9 Å². The van der Waals surface area contributed by atoms with Crippen LogP contribution in [-0.4, -0.2) is 56.8 Å². The summed E-state index contributed by atoms with van der Waals surface area (Å²) in [5, 5.41) is 0.602. The molecule has 0 saturated carbocycles. The van der Waals surface area contributed by atoms with Gasteiger partial charge < -0.3 is 0 Å². The molecule has 1 saturated heterocycles. The van der Waals surface area contributed by atoms with Gasteiger partial charge >= 0.3 is 0 Å². The first kappa shape index (κ1) is 15.4. The Hall–Kier alpha value is 0.340. The Morgan fingerprint density at radius 2 is 1.82 bits per heavy atom. The molecule has 1 atom stereocenters. The maximum atomic E-state index is 12.0. The van der Waals surface area contributed by atoms with E-state index in [0.717, 1.165) is 25.5 Å². The number of piperidine rings is 1. The summed E-state index contributed by atoms with van der Waals surface area (Å²) >= 11 is 3.31. The van der Waals surface area contributed by atoms with Gasteiger partial charge in [-0.2, -0.15) is 4.31 Å². The Labute approximate surface area is 112 Å². The van der Waals surface area contributed by atoms with Crippen LogP contribution in [0.3, 0.4) is 0 Å². The van der Waals surface area contributed by atoms with E-state index in [1.54, 1.807) is 0 Å². The standard InChI is InChI=1S/C9H18BrNO4S2/c1-16(12,13)6-7-17(14,15)11-5-3-2-4-9(11)8-10/h9H,2-8H2,1H3. The molecule has 0 amide bonds. The van der Waals surface area contributed by atoms with Crippen molar-refractivity contribution in [3.05, 3.63) is 0 Å². The lowest BCUT2D eigenvalue weighted by molar-refractivity contribution is 0.274. The Bertz CT molecular complexity index is 446. The summed E-state index contributed by atoms with van der Waals surface area (Å²) < 4.78 is 47.6. The van der Waals surface area contributed by atoms with E-state index in [-0.39, 0.29) is 17.5 Å². The molecule has 17 heavy (non-hydrogen) atoms. The van der Waals surface area contributed by atoms with E-state index >= 15 is 0 Å². The van der Waals surface area contributed by atoms with Crippen LogP contribution in [0.5, 0.6) is 0 Å². The number of hydrogen-bond acceptors (Lipinski definition) is 4. The zero-order chi connectivity index (χ0) is 13.1. The number of alkyl halides is 1. The quantitative estimate of drug-likeness (QED) is 0.683. The molecule has 102 valence electrons. The summed E-state index contributed by atoms with van der Waals surface area (Å²) in [6, 6.07) is -0.0340. The van der Waals surface area contributed by atoms with E-state index in [1.165, 1.54) is 4.31 Å². The molecule has 1 heterocycles. The van der Waals surface area contributed by atoms with Crippen LogP contribution in [0.15, 0.2) is 0 Å². The minimum atomic E-state index is -3.45. The summed E-state index contributed by atoms with van der Waals surface area (Å²) in [4.78, 5) is 0. The molecule has 0 aliphatic carbocycles. The molecule has 5 nitrogen and oxygen atoms in total. The Morgan fingerprint density at radius 1 is 1.18 bits per heavy atom.